The van der Waals surface area contributed by atoms with Crippen LogP contribution < -0.4 is 10.1 Å². The number of hydrogen-bond donors (Lipinski definition) is 1. The van der Waals surface area contributed by atoms with Gasteiger partial charge in [-0.25, -0.2) is 0 Å². The Morgan fingerprint density at radius 1 is 1.23 bits per heavy atom. The Morgan fingerprint density at radius 3 is 2.60 bits per heavy atom. The van der Waals surface area contributed by atoms with Gasteiger partial charge in [0.25, 0.3) is 0 Å². The first-order chi connectivity index (χ1) is 14.4. The van der Waals surface area contributed by atoms with Crippen molar-refractivity contribution in [2.24, 2.45) is 0 Å². The van der Waals surface area contributed by atoms with Crippen molar-refractivity contribution in [2.45, 2.75) is 39.3 Å². The number of ketones is 1. The number of likely N-dealkylation sites (N-methyl/N-ethyl adjacent to an activating group) is 1. The van der Waals surface area contributed by atoms with E-state index in [0.717, 1.165) is 43.1 Å². The van der Waals surface area contributed by atoms with Crippen LogP contribution in [0.3, 0.4) is 0 Å². The number of nitrogens with one attached hydrogen (secondary N) is 1. The van der Waals surface area contributed by atoms with E-state index in [1.54, 1.807) is 43.3 Å². The van der Waals surface area contributed by atoms with Crippen molar-refractivity contribution >= 4 is 17.4 Å². The third-order valence-electron chi connectivity index (χ3n) is 5.49. The van der Waals surface area contributed by atoms with Crippen molar-refractivity contribution in [3.8, 4) is 5.75 Å². The molecule has 1 N–H and O–H groups in total. The van der Waals surface area contributed by atoms with E-state index in [9.17, 15) is 9.59 Å². The van der Waals surface area contributed by atoms with Crippen LogP contribution in [0, 0.1) is 13.8 Å². The second-order valence-corrected chi connectivity index (χ2v) is 7.90. The molecule has 30 heavy (non-hydrogen) atoms. The predicted molar refractivity (Wildman–Crippen MR) is 116 cm³/mol. The van der Waals surface area contributed by atoms with Crippen molar-refractivity contribution < 1.29 is 19.1 Å². The monoisotopic (exact) mass is 413 g/mol. The first kappa shape index (κ1) is 22.1. The van der Waals surface area contributed by atoms with Gasteiger partial charge in [-0.15, -0.1) is 0 Å². The number of carbonyl (C=O) groups is 2. The minimum Gasteiger partial charge on any atom is -0.497 e. The summed E-state index contributed by atoms with van der Waals surface area (Å²) in [5.41, 5.74) is 3.43. The number of aromatic nitrogens is 1. The van der Waals surface area contributed by atoms with Crippen LogP contribution in [-0.4, -0.2) is 61.1 Å². The number of benzene rings is 1. The molecule has 3 rings (SSSR count). The molecule has 0 bridgehead atoms. The smallest absolute Gasteiger partial charge is 0.238 e. The van der Waals surface area contributed by atoms with Crippen molar-refractivity contribution in [3.63, 3.8) is 0 Å². The average Bonchev–Trinajstić information content (AvgIpc) is 3.32. The highest BCUT2D eigenvalue weighted by molar-refractivity contribution is 5.99. The first-order valence-corrected chi connectivity index (χ1v) is 10.3. The van der Waals surface area contributed by atoms with Crippen molar-refractivity contribution in [2.75, 3.05) is 39.2 Å². The number of ether oxygens (including phenoxy) is 2. The lowest BCUT2D eigenvalue weighted by Gasteiger charge is -2.16. The number of anilines is 1. The Kier molecular flexibility index (Phi) is 7.29. The second kappa shape index (κ2) is 9.91. The minimum atomic E-state index is -0.167. The van der Waals surface area contributed by atoms with Crippen LogP contribution >= 0.6 is 0 Å². The van der Waals surface area contributed by atoms with Gasteiger partial charge in [0.05, 0.1) is 26.3 Å². The van der Waals surface area contributed by atoms with Crippen LogP contribution in [0.2, 0.25) is 0 Å². The summed E-state index contributed by atoms with van der Waals surface area (Å²) in [6.07, 6.45) is 2.38. The van der Waals surface area contributed by atoms with Gasteiger partial charge in [-0.05, 0) is 64.1 Å². The normalized spacial score (nSPS) is 16.1. The number of carbonyl (C=O) groups excluding carboxylic acids is 2. The molecular weight excluding hydrogens is 382 g/mol. The highest BCUT2D eigenvalue weighted by Crippen LogP contribution is 2.21. The van der Waals surface area contributed by atoms with E-state index in [2.05, 4.69) is 9.88 Å². The molecule has 1 aromatic carbocycles. The predicted octanol–water partition coefficient (Wildman–Crippen LogP) is 3.05. The quantitative estimate of drug-likeness (QED) is 0.640. The molecule has 1 aliphatic heterocycles. The van der Waals surface area contributed by atoms with Crippen LogP contribution in [0.15, 0.2) is 30.3 Å². The Hall–Kier alpha value is -2.64. The standard InChI is InChI=1S/C23H31N3O4/c1-16-12-21(17(2)26(16)13-20-6-5-11-30-20)22(27)14-25(3)15-23(28)24-18-7-9-19(29-4)10-8-18/h7-10,12,20H,5-6,11,13-15H2,1-4H3,(H,24,28)/t20-/m1/s1. The second-order valence-electron chi connectivity index (χ2n) is 7.90. The third kappa shape index (κ3) is 5.49. The van der Waals surface area contributed by atoms with Crippen molar-refractivity contribution in [1.82, 2.24) is 9.47 Å². The summed E-state index contributed by atoms with van der Waals surface area (Å²) in [6.45, 7) is 5.91. The molecule has 1 saturated heterocycles. The largest absolute Gasteiger partial charge is 0.497 e. The minimum absolute atomic E-state index is 0.0152. The number of aryl methyl sites for hydroxylation is 1. The zero-order valence-electron chi connectivity index (χ0n) is 18.2. The van der Waals surface area contributed by atoms with Crippen LogP contribution in [-0.2, 0) is 16.1 Å². The first-order valence-electron chi connectivity index (χ1n) is 10.3. The highest BCUT2D eigenvalue weighted by atomic mass is 16.5. The van der Waals surface area contributed by atoms with E-state index >= 15 is 0 Å². The molecule has 1 fully saturated rings. The topological polar surface area (TPSA) is 72.8 Å². The Labute approximate surface area is 178 Å². The average molecular weight is 414 g/mol. The molecule has 1 amide bonds. The fourth-order valence-corrected chi connectivity index (χ4v) is 3.86. The van der Waals surface area contributed by atoms with E-state index in [0.29, 0.717) is 11.3 Å². The van der Waals surface area contributed by atoms with Crippen molar-refractivity contribution in [1.29, 1.82) is 0 Å². The number of methoxy groups -OCH3 is 1. The molecular formula is C23H31N3O4. The summed E-state index contributed by atoms with van der Waals surface area (Å²) in [7, 11) is 3.37. The summed E-state index contributed by atoms with van der Waals surface area (Å²) in [5.74, 6) is 0.577. The molecule has 1 aliphatic rings. The Morgan fingerprint density at radius 2 is 1.97 bits per heavy atom. The third-order valence-corrected chi connectivity index (χ3v) is 5.49. The summed E-state index contributed by atoms with van der Waals surface area (Å²) in [4.78, 5) is 26.9. The van der Waals surface area contributed by atoms with Gasteiger partial charge in [0.1, 0.15) is 5.75 Å². The van der Waals surface area contributed by atoms with Crippen LogP contribution in [0.25, 0.3) is 0 Å². The van der Waals surface area contributed by atoms with Gasteiger partial charge in [0.15, 0.2) is 5.78 Å². The van der Waals surface area contributed by atoms with Gasteiger partial charge in [-0.3, -0.25) is 14.5 Å². The molecule has 1 atom stereocenters. The fourth-order valence-electron chi connectivity index (χ4n) is 3.86. The van der Waals surface area contributed by atoms with Gasteiger partial charge in [0, 0.05) is 35.8 Å². The summed E-state index contributed by atoms with van der Waals surface area (Å²) in [5, 5.41) is 2.84. The van der Waals surface area contributed by atoms with Gasteiger partial charge in [0.2, 0.25) is 5.91 Å². The van der Waals surface area contributed by atoms with Gasteiger partial charge in [-0.1, -0.05) is 0 Å². The lowest BCUT2D eigenvalue weighted by Crippen LogP contribution is -2.34. The summed E-state index contributed by atoms with van der Waals surface area (Å²) in [6, 6.07) is 9.08. The number of hydrogen-bond acceptors (Lipinski definition) is 5. The van der Waals surface area contributed by atoms with Crippen LogP contribution in [0.5, 0.6) is 5.75 Å². The molecule has 2 aromatic rings. The van der Waals surface area contributed by atoms with Crippen molar-refractivity contribution in [3.05, 3.63) is 47.3 Å². The Bertz CT molecular complexity index is 883. The molecule has 0 saturated carbocycles. The molecule has 162 valence electrons. The number of nitrogens with zero attached hydrogens (tertiary/aromatic N) is 2. The maximum Gasteiger partial charge on any atom is 0.238 e. The Balaban J connectivity index is 1.55. The van der Waals surface area contributed by atoms with E-state index in [4.69, 9.17) is 9.47 Å². The summed E-state index contributed by atoms with van der Waals surface area (Å²) >= 11 is 0. The van der Waals surface area contributed by atoms with E-state index in [1.165, 1.54) is 0 Å². The van der Waals surface area contributed by atoms with Crippen LogP contribution in [0.1, 0.15) is 34.6 Å². The van der Waals surface area contributed by atoms with E-state index < -0.39 is 0 Å². The zero-order chi connectivity index (χ0) is 21.7. The van der Waals surface area contributed by atoms with Gasteiger partial charge >= 0.3 is 0 Å². The van der Waals surface area contributed by atoms with Gasteiger partial charge in [-0.2, -0.15) is 0 Å². The molecule has 7 heteroatoms. The highest BCUT2D eigenvalue weighted by Gasteiger charge is 2.22. The number of Topliss-reactive ketones (excluding diaryl/α,β-unsaturated/α-hetero) is 1. The number of rotatable bonds is 9. The van der Waals surface area contributed by atoms with E-state index in [-0.39, 0.29) is 30.9 Å². The number of amides is 1. The van der Waals surface area contributed by atoms with Crippen LogP contribution in [0.4, 0.5) is 5.69 Å². The fraction of sp³-hybridized carbons (Fsp3) is 0.478. The SMILES string of the molecule is COc1ccc(NC(=O)CN(C)CC(=O)c2cc(C)n(C[C@H]3CCCO3)c2C)cc1. The lowest BCUT2D eigenvalue weighted by molar-refractivity contribution is -0.116. The zero-order valence-corrected chi connectivity index (χ0v) is 18.2. The molecule has 0 radical (unpaired) electrons. The maximum atomic E-state index is 12.9. The lowest BCUT2D eigenvalue weighted by atomic mass is 10.1. The molecule has 0 aliphatic carbocycles. The molecule has 1 aromatic heterocycles. The molecule has 2 heterocycles. The summed E-state index contributed by atoms with van der Waals surface area (Å²) < 4.78 is 13.0. The molecule has 0 spiro atoms. The molecule has 7 nitrogen and oxygen atoms in total. The molecule has 0 unspecified atom stereocenters. The van der Waals surface area contributed by atoms with Gasteiger partial charge < -0.3 is 19.4 Å². The maximum absolute atomic E-state index is 12.9. The van der Waals surface area contributed by atoms with E-state index in [1.807, 2.05) is 19.9 Å².